The standard InChI is InChI=1S/C21H30N4O.C2HF3O2/c1-20(2)13-17(14-21(3,4)25-20)24-19(26)22-12-11-16-10-9-15-7-5-6-8-18(15)23-16;3-2(4,5)1(6)7/h5-10,17,25H,11-14H2,1-4H3,(H2,22,24,26);(H,6,7). The van der Waals surface area contributed by atoms with E-state index in [0.717, 1.165) is 35.9 Å². The van der Waals surface area contributed by atoms with Gasteiger partial charge in [-0.25, -0.2) is 9.59 Å². The number of pyridine rings is 1. The number of hydrogen-bond acceptors (Lipinski definition) is 4. The minimum atomic E-state index is -5.08. The number of nitrogens with one attached hydrogen (secondary N) is 3. The van der Waals surface area contributed by atoms with Gasteiger partial charge in [-0.2, -0.15) is 13.2 Å². The van der Waals surface area contributed by atoms with Crippen LogP contribution in [0.15, 0.2) is 36.4 Å². The number of nitrogens with zero attached hydrogens (tertiary/aromatic N) is 1. The summed E-state index contributed by atoms with van der Waals surface area (Å²) < 4.78 is 31.7. The summed E-state index contributed by atoms with van der Waals surface area (Å²) in [6.45, 7) is 9.32. The van der Waals surface area contributed by atoms with Gasteiger partial charge in [0.25, 0.3) is 0 Å². The van der Waals surface area contributed by atoms with Gasteiger partial charge in [0.2, 0.25) is 0 Å². The van der Waals surface area contributed by atoms with Crippen molar-refractivity contribution in [3.8, 4) is 0 Å². The van der Waals surface area contributed by atoms with Crippen molar-refractivity contribution in [3.63, 3.8) is 0 Å². The van der Waals surface area contributed by atoms with Gasteiger partial charge in [0.15, 0.2) is 0 Å². The molecule has 1 saturated heterocycles. The van der Waals surface area contributed by atoms with Crippen molar-refractivity contribution in [2.75, 3.05) is 6.54 Å². The van der Waals surface area contributed by atoms with Gasteiger partial charge in [0.05, 0.1) is 5.52 Å². The largest absolute Gasteiger partial charge is 0.490 e. The van der Waals surface area contributed by atoms with Crippen molar-refractivity contribution >= 4 is 22.9 Å². The van der Waals surface area contributed by atoms with Crippen LogP contribution in [0, 0.1) is 0 Å². The number of benzene rings is 1. The maximum absolute atomic E-state index is 12.3. The summed E-state index contributed by atoms with van der Waals surface area (Å²) in [4.78, 5) is 25.8. The van der Waals surface area contributed by atoms with E-state index in [2.05, 4.69) is 60.8 Å². The van der Waals surface area contributed by atoms with Gasteiger partial charge in [-0.3, -0.25) is 4.98 Å². The Morgan fingerprint density at radius 3 is 2.24 bits per heavy atom. The SMILES string of the molecule is CC1(C)CC(NC(=O)NCCc2ccc3ccccc3n2)CC(C)(C)N1.O=C(O)C(F)(F)F. The summed E-state index contributed by atoms with van der Waals surface area (Å²) in [5.41, 5.74) is 2.03. The molecule has 0 radical (unpaired) electrons. The molecule has 2 amide bonds. The number of piperidine rings is 1. The molecule has 10 heteroatoms. The highest BCUT2D eigenvalue weighted by molar-refractivity contribution is 5.78. The van der Waals surface area contributed by atoms with Crippen LogP contribution in [0.25, 0.3) is 10.9 Å². The maximum Gasteiger partial charge on any atom is 0.490 e. The third-order valence-corrected chi connectivity index (χ3v) is 5.09. The first-order chi connectivity index (χ1) is 15.2. The summed E-state index contributed by atoms with van der Waals surface area (Å²) >= 11 is 0. The van der Waals surface area contributed by atoms with E-state index in [-0.39, 0.29) is 23.2 Å². The van der Waals surface area contributed by atoms with Gasteiger partial charge >= 0.3 is 18.2 Å². The van der Waals surface area contributed by atoms with Gasteiger partial charge in [-0.05, 0) is 52.7 Å². The van der Waals surface area contributed by atoms with Gasteiger partial charge in [0, 0.05) is 41.2 Å². The van der Waals surface area contributed by atoms with E-state index in [0.29, 0.717) is 6.54 Å². The predicted molar refractivity (Wildman–Crippen MR) is 120 cm³/mol. The Bertz CT molecular complexity index is 961. The smallest absolute Gasteiger partial charge is 0.475 e. The van der Waals surface area contributed by atoms with Crippen LogP contribution in [0.3, 0.4) is 0 Å². The van der Waals surface area contributed by atoms with E-state index in [1.54, 1.807) is 0 Å². The molecular formula is C23H31F3N4O3. The second-order valence-corrected chi connectivity index (χ2v) is 9.45. The lowest BCUT2D eigenvalue weighted by Gasteiger charge is -2.46. The van der Waals surface area contributed by atoms with Crippen LogP contribution in [-0.2, 0) is 11.2 Å². The van der Waals surface area contributed by atoms with Gasteiger partial charge in [-0.1, -0.05) is 24.3 Å². The molecule has 1 aromatic heterocycles. The van der Waals surface area contributed by atoms with Crippen LogP contribution in [0.4, 0.5) is 18.0 Å². The average Bonchev–Trinajstić information content (AvgIpc) is 2.65. The third kappa shape index (κ3) is 8.88. The summed E-state index contributed by atoms with van der Waals surface area (Å²) in [5, 5.41) is 18.0. The van der Waals surface area contributed by atoms with Crippen molar-refractivity contribution in [2.45, 2.75) is 70.3 Å². The number of aromatic nitrogens is 1. The highest BCUT2D eigenvalue weighted by Crippen LogP contribution is 2.28. The molecule has 0 unspecified atom stereocenters. The summed E-state index contributed by atoms with van der Waals surface area (Å²) in [7, 11) is 0. The molecule has 1 aromatic carbocycles. The van der Waals surface area contributed by atoms with Crippen molar-refractivity contribution in [1.29, 1.82) is 0 Å². The fourth-order valence-electron chi connectivity index (χ4n) is 4.21. The molecule has 1 aliphatic heterocycles. The van der Waals surface area contributed by atoms with Crippen LogP contribution < -0.4 is 16.0 Å². The van der Waals surface area contributed by atoms with Crippen LogP contribution in [0.2, 0.25) is 0 Å². The van der Waals surface area contributed by atoms with Crippen molar-refractivity contribution in [3.05, 3.63) is 42.1 Å². The minimum Gasteiger partial charge on any atom is -0.475 e. The normalized spacial score (nSPS) is 17.5. The fourth-order valence-corrected chi connectivity index (χ4v) is 4.21. The zero-order valence-corrected chi connectivity index (χ0v) is 19.2. The second kappa shape index (κ2) is 10.4. The first-order valence-electron chi connectivity index (χ1n) is 10.7. The van der Waals surface area contributed by atoms with Gasteiger partial charge in [-0.15, -0.1) is 0 Å². The average molecular weight is 469 g/mol. The monoisotopic (exact) mass is 468 g/mol. The number of fused-ring (bicyclic) bond motifs is 1. The first kappa shape index (κ1) is 26.4. The number of halogens is 3. The highest BCUT2D eigenvalue weighted by atomic mass is 19.4. The molecular weight excluding hydrogens is 437 g/mol. The van der Waals surface area contributed by atoms with E-state index in [1.165, 1.54) is 0 Å². The maximum atomic E-state index is 12.3. The Hall–Kier alpha value is -2.88. The van der Waals surface area contributed by atoms with E-state index >= 15 is 0 Å². The molecule has 2 aromatic rings. The number of carbonyl (C=O) groups excluding carboxylic acids is 1. The van der Waals surface area contributed by atoms with E-state index in [4.69, 9.17) is 9.90 Å². The van der Waals surface area contributed by atoms with Gasteiger partial charge < -0.3 is 21.1 Å². The van der Waals surface area contributed by atoms with E-state index < -0.39 is 12.1 Å². The predicted octanol–water partition coefficient (Wildman–Crippen LogP) is 4.02. The molecule has 0 bridgehead atoms. The lowest BCUT2D eigenvalue weighted by molar-refractivity contribution is -0.192. The fraction of sp³-hybridized carbons (Fsp3) is 0.522. The number of hydrogen-bond donors (Lipinski definition) is 4. The molecule has 1 fully saturated rings. The Morgan fingerprint density at radius 1 is 1.09 bits per heavy atom. The highest BCUT2D eigenvalue weighted by Gasteiger charge is 2.39. The zero-order chi connectivity index (χ0) is 24.9. The number of rotatable bonds is 4. The summed E-state index contributed by atoms with van der Waals surface area (Å²) in [5.74, 6) is -2.76. The molecule has 7 nitrogen and oxygen atoms in total. The Labute approximate surface area is 191 Å². The lowest BCUT2D eigenvalue weighted by Crippen LogP contribution is -2.62. The van der Waals surface area contributed by atoms with Crippen LogP contribution in [0.5, 0.6) is 0 Å². The number of carboxylic acid groups (broad SMARTS) is 1. The molecule has 0 saturated carbocycles. The molecule has 2 heterocycles. The summed E-state index contributed by atoms with van der Waals surface area (Å²) in [6.07, 6.45) is -2.51. The Kier molecular flexibility index (Phi) is 8.29. The molecule has 33 heavy (non-hydrogen) atoms. The number of amides is 2. The molecule has 0 spiro atoms. The number of urea groups is 1. The third-order valence-electron chi connectivity index (χ3n) is 5.09. The molecule has 1 aliphatic rings. The topological polar surface area (TPSA) is 103 Å². The van der Waals surface area contributed by atoms with Crippen molar-refractivity contribution < 1.29 is 27.9 Å². The van der Waals surface area contributed by atoms with Crippen LogP contribution in [0.1, 0.15) is 46.2 Å². The second-order valence-electron chi connectivity index (χ2n) is 9.45. The number of aliphatic carboxylic acids is 1. The Morgan fingerprint density at radius 2 is 1.67 bits per heavy atom. The van der Waals surface area contributed by atoms with Crippen molar-refractivity contribution in [2.24, 2.45) is 0 Å². The number of para-hydroxylation sites is 1. The Balaban J connectivity index is 0.000000479. The van der Waals surface area contributed by atoms with Crippen LogP contribution in [-0.4, -0.2) is 51.9 Å². The first-order valence-corrected chi connectivity index (χ1v) is 10.7. The molecule has 3 rings (SSSR count). The number of carboxylic acids is 1. The molecule has 4 N–H and O–H groups in total. The zero-order valence-electron chi connectivity index (χ0n) is 19.2. The van der Waals surface area contributed by atoms with E-state index in [1.807, 2.05) is 24.3 Å². The van der Waals surface area contributed by atoms with Crippen LogP contribution >= 0.6 is 0 Å². The lowest BCUT2D eigenvalue weighted by atomic mass is 9.80. The minimum absolute atomic E-state index is 0.0225. The number of carbonyl (C=O) groups is 2. The number of alkyl halides is 3. The van der Waals surface area contributed by atoms with E-state index in [9.17, 15) is 18.0 Å². The van der Waals surface area contributed by atoms with Gasteiger partial charge in [0.1, 0.15) is 0 Å². The molecule has 0 atom stereocenters. The van der Waals surface area contributed by atoms with Crippen molar-refractivity contribution in [1.82, 2.24) is 20.9 Å². The summed E-state index contributed by atoms with van der Waals surface area (Å²) in [6, 6.07) is 12.3. The molecule has 0 aliphatic carbocycles. The quantitative estimate of drug-likeness (QED) is 0.543. The molecule has 182 valence electrons.